The lowest BCUT2D eigenvalue weighted by Gasteiger charge is -2.32. The summed E-state index contributed by atoms with van der Waals surface area (Å²) in [6.07, 6.45) is 5.14. The highest BCUT2D eigenvalue weighted by Gasteiger charge is 2.28. The fourth-order valence-electron chi connectivity index (χ4n) is 3.83. The highest BCUT2D eigenvalue weighted by atomic mass is 19.1. The van der Waals surface area contributed by atoms with Crippen LogP contribution in [0.5, 0.6) is 0 Å². The van der Waals surface area contributed by atoms with Crippen LogP contribution in [0.2, 0.25) is 0 Å². The van der Waals surface area contributed by atoms with Crippen LogP contribution in [0.4, 0.5) is 16.2 Å². The van der Waals surface area contributed by atoms with Gasteiger partial charge in [-0.25, -0.2) is 19.3 Å². The van der Waals surface area contributed by atoms with Gasteiger partial charge in [-0.15, -0.1) is 0 Å². The van der Waals surface area contributed by atoms with Crippen LogP contribution in [-0.4, -0.2) is 52.9 Å². The largest absolute Gasteiger partial charge is 0.384 e. The molecule has 1 aliphatic rings. The SMILES string of the molecule is CN(C)c1ncc(-c2ccc(N)nc2)c(C2CCN(C(=O)c3ccc(F)cc3)CC2)n1. The van der Waals surface area contributed by atoms with Crippen molar-refractivity contribution in [1.82, 2.24) is 19.9 Å². The van der Waals surface area contributed by atoms with E-state index in [9.17, 15) is 9.18 Å². The summed E-state index contributed by atoms with van der Waals surface area (Å²) in [7, 11) is 3.82. The van der Waals surface area contributed by atoms with Gasteiger partial charge in [-0.05, 0) is 49.2 Å². The van der Waals surface area contributed by atoms with Crippen LogP contribution >= 0.6 is 0 Å². The molecular formula is C23H25FN6O. The average molecular weight is 420 g/mol. The van der Waals surface area contributed by atoms with Gasteiger partial charge in [0.1, 0.15) is 11.6 Å². The second-order valence-corrected chi connectivity index (χ2v) is 7.91. The zero-order valence-corrected chi connectivity index (χ0v) is 17.6. The van der Waals surface area contributed by atoms with Gasteiger partial charge in [0, 0.05) is 62.2 Å². The topological polar surface area (TPSA) is 88.2 Å². The summed E-state index contributed by atoms with van der Waals surface area (Å²) in [6.45, 7) is 1.23. The first-order valence-electron chi connectivity index (χ1n) is 10.2. The zero-order valence-electron chi connectivity index (χ0n) is 17.6. The molecule has 2 aromatic heterocycles. The van der Waals surface area contributed by atoms with Crippen molar-refractivity contribution in [2.24, 2.45) is 0 Å². The number of rotatable bonds is 4. The Hall–Kier alpha value is -3.55. The molecule has 0 radical (unpaired) electrons. The van der Waals surface area contributed by atoms with Crippen molar-refractivity contribution in [3.63, 3.8) is 0 Å². The summed E-state index contributed by atoms with van der Waals surface area (Å²) in [5.74, 6) is 0.876. The molecule has 0 atom stereocenters. The van der Waals surface area contributed by atoms with Crippen LogP contribution in [0, 0.1) is 5.82 Å². The van der Waals surface area contributed by atoms with Crippen LogP contribution in [0.3, 0.4) is 0 Å². The summed E-state index contributed by atoms with van der Waals surface area (Å²) < 4.78 is 13.2. The molecule has 0 unspecified atom stereocenters. The minimum absolute atomic E-state index is 0.0712. The van der Waals surface area contributed by atoms with Crippen molar-refractivity contribution in [3.8, 4) is 11.1 Å². The molecule has 0 bridgehead atoms. The number of nitrogen functional groups attached to an aromatic ring is 1. The highest BCUT2D eigenvalue weighted by molar-refractivity contribution is 5.94. The first kappa shape index (κ1) is 20.7. The molecule has 3 aromatic rings. The maximum atomic E-state index is 13.2. The maximum Gasteiger partial charge on any atom is 0.253 e. The molecule has 1 fully saturated rings. The molecule has 1 saturated heterocycles. The molecule has 0 aliphatic carbocycles. The fraction of sp³-hybridized carbons (Fsp3) is 0.304. The molecule has 7 nitrogen and oxygen atoms in total. The second-order valence-electron chi connectivity index (χ2n) is 7.91. The van der Waals surface area contributed by atoms with Gasteiger partial charge in [-0.3, -0.25) is 4.79 Å². The number of piperidine rings is 1. The average Bonchev–Trinajstić information content (AvgIpc) is 2.79. The Morgan fingerprint density at radius 2 is 1.77 bits per heavy atom. The number of nitrogens with zero attached hydrogens (tertiary/aromatic N) is 5. The number of benzene rings is 1. The number of carbonyl (C=O) groups excluding carboxylic acids is 1. The van der Waals surface area contributed by atoms with Crippen LogP contribution < -0.4 is 10.6 Å². The Bertz CT molecular complexity index is 1060. The number of likely N-dealkylation sites (tertiary alicyclic amines) is 1. The Morgan fingerprint density at radius 1 is 1.06 bits per heavy atom. The summed E-state index contributed by atoms with van der Waals surface area (Å²) in [5.41, 5.74) is 9.05. The molecule has 1 aliphatic heterocycles. The Kier molecular flexibility index (Phi) is 5.79. The van der Waals surface area contributed by atoms with Crippen LogP contribution in [0.25, 0.3) is 11.1 Å². The number of anilines is 2. The third-order valence-electron chi connectivity index (χ3n) is 5.56. The van der Waals surface area contributed by atoms with E-state index in [0.29, 0.717) is 30.4 Å². The number of nitrogens with two attached hydrogens (primary N) is 1. The van der Waals surface area contributed by atoms with E-state index in [1.807, 2.05) is 36.2 Å². The predicted molar refractivity (Wildman–Crippen MR) is 118 cm³/mol. The molecule has 1 aromatic carbocycles. The first-order chi connectivity index (χ1) is 14.9. The van der Waals surface area contributed by atoms with Gasteiger partial charge in [0.2, 0.25) is 5.95 Å². The number of carbonyl (C=O) groups is 1. The fourth-order valence-corrected chi connectivity index (χ4v) is 3.83. The van der Waals surface area contributed by atoms with Crippen molar-refractivity contribution in [2.75, 3.05) is 37.8 Å². The molecule has 31 heavy (non-hydrogen) atoms. The lowest BCUT2D eigenvalue weighted by Crippen LogP contribution is -2.38. The minimum atomic E-state index is -0.347. The van der Waals surface area contributed by atoms with E-state index in [1.54, 1.807) is 12.3 Å². The van der Waals surface area contributed by atoms with Gasteiger partial charge in [-0.2, -0.15) is 0 Å². The van der Waals surface area contributed by atoms with Gasteiger partial charge < -0.3 is 15.5 Å². The number of halogens is 1. The minimum Gasteiger partial charge on any atom is -0.384 e. The molecular weight excluding hydrogens is 395 g/mol. The highest BCUT2D eigenvalue weighted by Crippen LogP contribution is 2.35. The van der Waals surface area contributed by atoms with Crippen LogP contribution in [-0.2, 0) is 0 Å². The lowest BCUT2D eigenvalue weighted by molar-refractivity contribution is 0.0712. The number of hydrogen-bond donors (Lipinski definition) is 1. The third kappa shape index (κ3) is 4.47. The van der Waals surface area contributed by atoms with Gasteiger partial charge >= 0.3 is 0 Å². The lowest BCUT2D eigenvalue weighted by atomic mass is 9.89. The van der Waals surface area contributed by atoms with Crippen molar-refractivity contribution in [2.45, 2.75) is 18.8 Å². The van der Waals surface area contributed by atoms with Crippen LogP contribution in [0.1, 0.15) is 34.8 Å². The zero-order chi connectivity index (χ0) is 22.0. The number of hydrogen-bond acceptors (Lipinski definition) is 6. The van der Waals surface area contributed by atoms with Crippen molar-refractivity contribution < 1.29 is 9.18 Å². The molecule has 3 heterocycles. The van der Waals surface area contributed by atoms with Gasteiger partial charge in [-0.1, -0.05) is 0 Å². The number of pyridine rings is 1. The van der Waals surface area contributed by atoms with Crippen molar-refractivity contribution in [1.29, 1.82) is 0 Å². The molecule has 0 spiro atoms. The Labute approximate surface area is 180 Å². The maximum absolute atomic E-state index is 13.2. The van der Waals surface area contributed by atoms with Crippen LogP contribution in [0.15, 0.2) is 48.8 Å². The standard InChI is InChI=1S/C23H25FN6O/c1-29(2)23-27-14-19(17-5-8-20(25)26-13-17)21(28-23)15-9-11-30(12-10-15)22(31)16-3-6-18(24)7-4-16/h3-8,13-15H,9-12H2,1-2H3,(H2,25,26). The normalized spacial score (nSPS) is 14.5. The van der Waals surface area contributed by atoms with Crippen molar-refractivity contribution in [3.05, 3.63) is 65.9 Å². The Balaban J connectivity index is 1.56. The first-order valence-corrected chi connectivity index (χ1v) is 10.2. The van der Waals surface area contributed by atoms with E-state index in [0.717, 1.165) is 29.7 Å². The third-order valence-corrected chi connectivity index (χ3v) is 5.56. The summed E-state index contributed by atoms with van der Waals surface area (Å²) in [4.78, 5) is 30.0. The monoisotopic (exact) mass is 420 g/mol. The van der Waals surface area contributed by atoms with Gasteiger partial charge in [0.05, 0.1) is 5.69 Å². The molecule has 1 amide bonds. The van der Waals surface area contributed by atoms with E-state index in [-0.39, 0.29) is 17.6 Å². The summed E-state index contributed by atoms with van der Waals surface area (Å²) in [6, 6.07) is 9.39. The van der Waals surface area contributed by atoms with E-state index in [2.05, 4.69) is 9.97 Å². The number of aromatic nitrogens is 3. The Morgan fingerprint density at radius 3 is 2.39 bits per heavy atom. The molecule has 8 heteroatoms. The van der Waals surface area contributed by atoms with E-state index >= 15 is 0 Å². The van der Waals surface area contributed by atoms with E-state index in [1.165, 1.54) is 24.3 Å². The predicted octanol–water partition coefficient (Wildman–Crippen LogP) is 3.35. The summed E-state index contributed by atoms with van der Waals surface area (Å²) >= 11 is 0. The second kappa shape index (κ2) is 8.67. The smallest absolute Gasteiger partial charge is 0.253 e. The van der Waals surface area contributed by atoms with E-state index < -0.39 is 0 Å². The summed E-state index contributed by atoms with van der Waals surface area (Å²) in [5, 5.41) is 0. The number of amides is 1. The van der Waals surface area contributed by atoms with Gasteiger partial charge in [0.25, 0.3) is 5.91 Å². The molecule has 0 saturated carbocycles. The molecule has 4 rings (SSSR count). The molecule has 160 valence electrons. The van der Waals surface area contributed by atoms with Crippen molar-refractivity contribution >= 4 is 17.7 Å². The quantitative estimate of drug-likeness (QED) is 0.696. The molecule has 2 N–H and O–H groups in total. The van der Waals surface area contributed by atoms with E-state index in [4.69, 9.17) is 10.7 Å². The van der Waals surface area contributed by atoms with Gasteiger partial charge in [0.15, 0.2) is 0 Å².